The second-order valence-corrected chi connectivity index (χ2v) is 5.80. The van der Waals surface area contributed by atoms with Gasteiger partial charge >= 0.3 is 0 Å². The maximum atomic E-state index is 12.7. The minimum Gasteiger partial charge on any atom is -0.372 e. The van der Waals surface area contributed by atoms with Crippen molar-refractivity contribution >= 4 is 17.5 Å². The van der Waals surface area contributed by atoms with Gasteiger partial charge in [-0.05, 0) is 44.5 Å². The Morgan fingerprint density at radius 3 is 2.39 bits per heavy atom. The third kappa shape index (κ3) is 3.64. The molecule has 0 saturated carbocycles. The summed E-state index contributed by atoms with van der Waals surface area (Å²) in [6, 6.07) is 6.90. The first-order valence-corrected chi connectivity index (χ1v) is 8.14. The molecule has 1 aromatic rings. The fraction of sp³-hybridized carbons (Fsp3) is 0.529. The Kier molecular flexibility index (Phi) is 5.60. The number of nitrogens with zero attached hydrogens (tertiary/aromatic N) is 2. The molecule has 2 amide bonds. The average Bonchev–Trinajstić information content (AvgIpc) is 2.97. The number of amides is 2. The van der Waals surface area contributed by atoms with Crippen LogP contribution in [0.5, 0.6) is 0 Å². The average molecular weight is 318 g/mol. The SMILES string of the molecule is CCN(CC)c1ccc(C(=O)N2C[C@@H](N)C[C@H]2C(=O)NC)cc1. The van der Waals surface area contributed by atoms with Crippen molar-refractivity contribution < 1.29 is 9.59 Å². The lowest BCUT2D eigenvalue weighted by Crippen LogP contribution is -2.45. The van der Waals surface area contributed by atoms with Crippen molar-refractivity contribution in [2.75, 3.05) is 31.6 Å². The van der Waals surface area contributed by atoms with Gasteiger partial charge in [-0.3, -0.25) is 9.59 Å². The van der Waals surface area contributed by atoms with E-state index in [0.29, 0.717) is 18.5 Å². The van der Waals surface area contributed by atoms with Gasteiger partial charge in [-0.25, -0.2) is 0 Å². The van der Waals surface area contributed by atoms with Gasteiger partial charge in [-0.1, -0.05) is 0 Å². The number of nitrogens with one attached hydrogen (secondary N) is 1. The molecule has 3 N–H and O–H groups in total. The van der Waals surface area contributed by atoms with E-state index in [9.17, 15) is 9.59 Å². The molecule has 0 aromatic heterocycles. The highest BCUT2D eigenvalue weighted by atomic mass is 16.2. The van der Waals surface area contributed by atoms with Crippen LogP contribution in [0.25, 0.3) is 0 Å². The molecule has 1 saturated heterocycles. The summed E-state index contributed by atoms with van der Waals surface area (Å²) in [5.41, 5.74) is 7.62. The smallest absolute Gasteiger partial charge is 0.254 e. The van der Waals surface area contributed by atoms with Crippen molar-refractivity contribution in [1.29, 1.82) is 0 Å². The third-order valence-corrected chi connectivity index (χ3v) is 4.39. The normalized spacial score (nSPS) is 20.4. The summed E-state index contributed by atoms with van der Waals surface area (Å²) < 4.78 is 0. The lowest BCUT2D eigenvalue weighted by atomic mass is 10.1. The standard InChI is InChI=1S/C17H26N4O2/c1-4-20(5-2)14-8-6-12(7-9-14)17(23)21-11-13(18)10-15(21)16(22)19-3/h6-9,13,15H,4-5,10-11,18H2,1-3H3,(H,19,22)/t13-,15-/m0/s1. The minimum atomic E-state index is -0.482. The Morgan fingerprint density at radius 1 is 1.26 bits per heavy atom. The zero-order chi connectivity index (χ0) is 17.0. The lowest BCUT2D eigenvalue weighted by molar-refractivity contribution is -0.124. The maximum absolute atomic E-state index is 12.7. The Hall–Kier alpha value is -2.08. The van der Waals surface area contributed by atoms with Gasteiger partial charge in [0.2, 0.25) is 5.91 Å². The van der Waals surface area contributed by atoms with Gasteiger partial charge in [-0.15, -0.1) is 0 Å². The van der Waals surface area contributed by atoms with E-state index in [2.05, 4.69) is 24.1 Å². The van der Waals surface area contributed by atoms with Crippen LogP contribution in [0.2, 0.25) is 0 Å². The molecule has 1 aliphatic rings. The predicted octanol–water partition coefficient (Wildman–Crippen LogP) is 0.821. The molecule has 126 valence electrons. The monoisotopic (exact) mass is 318 g/mol. The molecular weight excluding hydrogens is 292 g/mol. The van der Waals surface area contributed by atoms with Crippen LogP contribution in [-0.4, -0.2) is 55.5 Å². The molecule has 23 heavy (non-hydrogen) atoms. The predicted molar refractivity (Wildman–Crippen MR) is 91.5 cm³/mol. The van der Waals surface area contributed by atoms with Crippen LogP contribution < -0.4 is 16.0 Å². The van der Waals surface area contributed by atoms with Crippen molar-refractivity contribution in [3.63, 3.8) is 0 Å². The Bertz CT molecular complexity index is 554. The Labute approximate surface area is 137 Å². The lowest BCUT2D eigenvalue weighted by Gasteiger charge is -2.24. The third-order valence-electron chi connectivity index (χ3n) is 4.39. The molecule has 6 heteroatoms. The van der Waals surface area contributed by atoms with Crippen LogP contribution >= 0.6 is 0 Å². The van der Waals surface area contributed by atoms with Crippen LogP contribution in [0, 0.1) is 0 Å². The number of nitrogens with two attached hydrogens (primary N) is 1. The molecule has 0 spiro atoms. The number of carbonyl (C=O) groups is 2. The molecule has 0 aliphatic carbocycles. The van der Waals surface area contributed by atoms with Gasteiger partial charge in [0, 0.05) is 44.0 Å². The van der Waals surface area contributed by atoms with Gasteiger partial charge in [0.25, 0.3) is 5.91 Å². The zero-order valence-corrected chi connectivity index (χ0v) is 14.1. The molecular formula is C17H26N4O2. The summed E-state index contributed by atoms with van der Waals surface area (Å²) in [7, 11) is 1.58. The highest BCUT2D eigenvalue weighted by Crippen LogP contribution is 2.21. The van der Waals surface area contributed by atoms with E-state index < -0.39 is 6.04 Å². The van der Waals surface area contributed by atoms with Crippen LogP contribution in [0.15, 0.2) is 24.3 Å². The van der Waals surface area contributed by atoms with E-state index in [1.165, 1.54) is 0 Å². The molecule has 1 aromatic carbocycles. The van der Waals surface area contributed by atoms with E-state index in [1.807, 2.05) is 24.3 Å². The highest BCUT2D eigenvalue weighted by Gasteiger charge is 2.37. The number of hydrogen-bond donors (Lipinski definition) is 2. The van der Waals surface area contributed by atoms with Crippen molar-refractivity contribution in [2.45, 2.75) is 32.4 Å². The van der Waals surface area contributed by atoms with Gasteiger partial charge in [0.1, 0.15) is 6.04 Å². The highest BCUT2D eigenvalue weighted by molar-refractivity contribution is 5.98. The van der Waals surface area contributed by atoms with E-state index in [0.717, 1.165) is 18.8 Å². The van der Waals surface area contributed by atoms with Gasteiger partial charge < -0.3 is 20.9 Å². The molecule has 1 aliphatic heterocycles. The van der Waals surface area contributed by atoms with Crippen LogP contribution in [-0.2, 0) is 4.79 Å². The first-order chi connectivity index (χ1) is 11.0. The Morgan fingerprint density at radius 2 is 1.87 bits per heavy atom. The quantitative estimate of drug-likeness (QED) is 0.842. The number of likely N-dealkylation sites (N-methyl/N-ethyl adjacent to an activating group) is 1. The van der Waals surface area contributed by atoms with E-state index in [1.54, 1.807) is 11.9 Å². The maximum Gasteiger partial charge on any atom is 0.254 e. The van der Waals surface area contributed by atoms with E-state index in [4.69, 9.17) is 5.73 Å². The number of anilines is 1. The summed E-state index contributed by atoms with van der Waals surface area (Å²) >= 11 is 0. The van der Waals surface area contributed by atoms with Crippen molar-refractivity contribution in [2.24, 2.45) is 5.73 Å². The largest absolute Gasteiger partial charge is 0.372 e. The first-order valence-electron chi connectivity index (χ1n) is 8.14. The molecule has 1 fully saturated rings. The van der Waals surface area contributed by atoms with Gasteiger partial charge in [-0.2, -0.15) is 0 Å². The summed E-state index contributed by atoms with van der Waals surface area (Å²) in [6.45, 7) is 6.45. The number of hydrogen-bond acceptors (Lipinski definition) is 4. The minimum absolute atomic E-state index is 0.141. The first kappa shape index (κ1) is 17.3. The molecule has 1 heterocycles. The van der Waals surface area contributed by atoms with Crippen molar-refractivity contribution in [1.82, 2.24) is 10.2 Å². The Balaban J connectivity index is 2.17. The molecule has 0 radical (unpaired) electrons. The molecule has 0 bridgehead atoms. The number of benzene rings is 1. The van der Waals surface area contributed by atoms with Crippen LogP contribution in [0.1, 0.15) is 30.6 Å². The summed E-state index contributed by atoms with van der Waals surface area (Å²) in [6.07, 6.45) is 0.503. The number of likely N-dealkylation sites (tertiary alicyclic amines) is 1. The molecule has 0 unspecified atom stereocenters. The number of rotatable bonds is 5. The van der Waals surface area contributed by atoms with Gasteiger partial charge in [0.15, 0.2) is 0 Å². The van der Waals surface area contributed by atoms with Crippen molar-refractivity contribution in [3.8, 4) is 0 Å². The summed E-state index contributed by atoms with van der Waals surface area (Å²) in [5.74, 6) is -0.302. The van der Waals surface area contributed by atoms with Gasteiger partial charge in [0.05, 0.1) is 0 Å². The van der Waals surface area contributed by atoms with E-state index >= 15 is 0 Å². The fourth-order valence-electron chi connectivity index (χ4n) is 3.08. The van der Waals surface area contributed by atoms with Crippen LogP contribution in [0.4, 0.5) is 5.69 Å². The zero-order valence-electron chi connectivity index (χ0n) is 14.1. The summed E-state index contributed by atoms with van der Waals surface area (Å²) in [4.78, 5) is 28.5. The van der Waals surface area contributed by atoms with Crippen LogP contribution in [0.3, 0.4) is 0 Å². The fourth-order valence-corrected chi connectivity index (χ4v) is 3.08. The second kappa shape index (κ2) is 7.46. The summed E-state index contributed by atoms with van der Waals surface area (Å²) in [5, 5.41) is 2.61. The topological polar surface area (TPSA) is 78.7 Å². The molecule has 2 rings (SSSR count). The molecule has 2 atom stereocenters. The second-order valence-electron chi connectivity index (χ2n) is 5.80. The van der Waals surface area contributed by atoms with Crippen molar-refractivity contribution in [3.05, 3.63) is 29.8 Å². The van der Waals surface area contributed by atoms with E-state index in [-0.39, 0.29) is 17.9 Å². The number of carbonyl (C=O) groups excluding carboxylic acids is 2. The molecule has 6 nitrogen and oxygen atoms in total.